The maximum Gasteiger partial charge on any atom is 0.256 e. The van der Waals surface area contributed by atoms with Crippen LogP contribution in [0.4, 0.5) is 11.4 Å². The first-order valence-corrected chi connectivity index (χ1v) is 8.53. The molecule has 2 aromatic rings. The van der Waals surface area contributed by atoms with Crippen LogP contribution in [0.25, 0.3) is 0 Å². The van der Waals surface area contributed by atoms with E-state index in [1.807, 2.05) is 0 Å². The number of hydrogen-bond donors (Lipinski definition) is 2. The van der Waals surface area contributed by atoms with E-state index in [9.17, 15) is 9.59 Å². The third-order valence-electron chi connectivity index (χ3n) is 4.01. The molecule has 0 unspecified atom stereocenters. The Morgan fingerprint density at radius 3 is 1.55 bits per heavy atom. The van der Waals surface area contributed by atoms with E-state index in [1.54, 1.807) is 12.1 Å². The number of carbonyl (C=O) groups excluding carboxylic acids is 2. The maximum atomic E-state index is 12.9. The van der Waals surface area contributed by atoms with Gasteiger partial charge in [-0.25, -0.2) is 0 Å². The minimum Gasteiger partial charge on any atom is -0.494 e. The van der Waals surface area contributed by atoms with Gasteiger partial charge in [0.25, 0.3) is 5.91 Å². The van der Waals surface area contributed by atoms with E-state index >= 15 is 0 Å². The Hall–Kier alpha value is -3.62. The number of ether oxygens (including phenoxy) is 5. The smallest absolute Gasteiger partial charge is 0.256 e. The van der Waals surface area contributed by atoms with Crippen molar-refractivity contribution in [3.8, 4) is 28.7 Å². The van der Waals surface area contributed by atoms with Gasteiger partial charge in [-0.3, -0.25) is 9.59 Å². The van der Waals surface area contributed by atoms with Crippen LogP contribution in [0, 0.1) is 0 Å². The van der Waals surface area contributed by atoms with Crippen molar-refractivity contribution in [2.24, 2.45) is 0 Å². The van der Waals surface area contributed by atoms with Crippen molar-refractivity contribution in [3.63, 3.8) is 0 Å². The molecule has 0 atom stereocenters. The lowest BCUT2D eigenvalue weighted by atomic mass is 10.1. The first-order valence-electron chi connectivity index (χ1n) is 8.53. The summed E-state index contributed by atoms with van der Waals surface area (Å²) >= 11 is 0. The van der Waals surface area contributed by atoms with Crippen LogP contribution < -0.4 is 34.3 Å². The number of methoxy groups -OCH3 is 5. The van der Waals surface area contributed by atoms with E-state index in [0.29, 0.717) is 40.1 Å². The van der Waals surface area contributed by atoms with Gasteiger partial charge in [0.05, 0.1) is 46.9 Å². The lowest BCUT2D eigenvalue weighted by Gasteiger charge is -2.17. The van der Waals surface area contributed by atoms with Crippen molar-refractivity contribution in [1.82, 2.24) is 0 Å². The zero-order valence-electron chi connectivity index (χ0n) is 17.2. The molecule has 9 heteroatoms. The summed E-state index contributed by atoms with van der Waals surface area (Å²) in [6.45, 7) is 1.37. The molecule has 0 spiro atoms. The van der Waals surface area contributed by atoms with Gasteiger partial charge in [0.1, 0.15) is 11.5 Å². The summed E-state index contributed by atoms with van der Waals surface area (Å²) in [7, 11) is 7.33. The van der Waals surface area contributed by atoms with Gasteiger partial charge in [0.15, 0.2) is 11.5 Å². The SMILES string of the molecule is COc1cc(OC)c(NC(=O)c2cc(OC)c(OC)c(OC)c2)cc1NC(C)=O. The zero-order valence-corrected chi connectivity index (χ0v) is 17.2. The number of benzene rings is 2. The molecule has 0 aliphatic heterocycles. The molecule has 0 saturated heterocycles. The van der Waals surface area contributed by atoms with E-state index in [-0.39, 0.29) is 11.5 Å². The molecule has 0 radical (unpaired) electrons. The molecule has 2 amide bonds. The molecule has 0 aliphatic carbocycles. The predicted molar refractivity (Wildman–Crippen MR) is 108 cm³/mol. The Bertz CT molecular complexity index is 887. The van der Waals surface area contributed by atoms with Crippen LogP contribution in [0.5, 0.6) is 28.7 Å². The van der Waals surface area contributed by atoms with E-state index in [1.165, 1.54) is 54.6 Å². The van der Waals surface area contributed by atoms with Gasteiger partial charge in [0.2, 0.25) is 11.7 Å². The Morgan fingerprint density at radius 1 is 0.655 bits per heavy atom. The highest BCUT2D eigenvalue weighted by atomic mass is 16.5. The van der Waals surface area contributed by atoms with Gasteiger partial charge in [-0.05, 0) is 18.2 Å². The van der Waals surface area contributed by atoms with Crippen LogP contribution in [-0.2, 0) is 4.79 Å². The topological polar surface area (TPSA) is 104 Å². The molecule has 0 bridgehead atoms. The minimum atomic E-state index is -0.443. The van der Waals surface area contributed by atoms with Gasteiger partial charge in [-0.1, -0.05) is 0 Å². The van der Waals surface area contributed by atoms with Crippen LogP contribution in [0.3, 0.4) is 0 Å². The first kappa shape index (κ1) is 21.7. The maximum absolute atomic E-state index is 12.9. The van der Waals surface area contributed by atoms with E-state index in [2.05, 4.69) is 10.6 Å². The Kier molecular flexibility index (Phi) is 7.13. The number of carbonyl (C=O) groups is 2. The van der Waals surface area contributed by atoms with Crippen LogP contribution >= 0.6 is 0 Å². The molecule has 2 rings (SSSR count). The van der Waals surface area contributed by atoms with Gasteiger partial charge in [0, 0.05) is 18.6 Å². The fraction of sp³-hybridized carbons (Fsp3) is 0.300. The Labute approximate surface area is 168 Å². The fourth-order valence-corrected chi connectivity index (χ4v) is 2.69. The van der Waals surface area contributed by atoms with Crippen molar-refractivity contribution in [2.45, 2.75) is 6.92 Å². The van der Waals surface area contributed by atoms with Crippen molar-refractivity contribution in [2.75, 3.05) is 46.2 Å². The summed E-state index contributed by atoms with van der Waals surface area (Å²) in [6, 6.07) is 6.17. The van der Waals surface area contributed by atoms with Gasteiger partial charge >= 0.3 is 0 Å². The molecule has 0 aliphatic rings. The molecular weight excluding hydrogens is 380 g/mol. The minimum absolute atomic E-state index is 0.276. The van der Waals surface area contributed by atoms with Gasteiger partial charge in [-0.2, -0.15) is 0 Å². The monoisotopic (exact) mass is 404 g/mol. The van der Waals surface area contributed by atoms with Crippen LogP contribution in [-0.4, -0.2) is 47.4 Å². The fourth-order valence-electron chi connectivity index (χ4n) is 2.69. The molecule has 0 fully saturated rings. The summed E-state index contributed by atoms with van der Waals surface area (Å²) in [5, 5.41) is 5.41. The second-order valence-corrected chi connectivity index (χ2v) is 5.80. The standard InChI is InChI=1S/C20H24N2O7/c1-11(23)21-13-9-14(16(26-3)10-15(13)25-2)22-20(24)12-7-17(27-4)19(29-6)18(8-12)28-5/h7-10H,1-6H3,(H,21,23)(H,22,24). The third-order valence-corrected chi connectivity index (χ3v) is 4.01. The lowest BCUT2D eigenvalue weighted by molar-refractivity contribution is -0.114. The first-order chi connectivity index (χ1) is 13.9. The summed E-state index contributed by atoms with van der Waals surface area (Å²) in [4.78, 5) is 24.3. The quantitative estimate of drug-likeness (QED) is 0.697. The number of anilines is 2. The molecule has 9 nitrogen and oxygen atoms in total. The molecular formula is C20H24N2O7. The lowest BCUT2D eigenvalue weighted by Crippen LogP contribution is -2.14. The zero-order chi connectivity index (χ0) is 21.6. The summed E-state index contributed by atoms with van der Waals surface area (Å²) in [5.74, 6) is 1.09. The molecule has 156 valence electrons. The molecule has 29 heavy (non-hydrogen) atoms. The van der Waals surface area contributed by atoms with E-state index in [0.717, 1.165) is 0 Å². The molecule has 0 aromatic heterocycles. The second kappa shape index (κ2) is 9.54. The number of hydrogen-bond acceptors (Lipinski definition) is 7. The molecule has 2 aromatic carbocycles. The largest absolute Gasteiger partial charge is 0.494 e. The highest BCUT2D eigenvalue weighted by Crippen LogP contribution is 2.39. The van der Waals surface area contributed by atoms with Crippen molar-refractivity contribution < 1.29 is 33.3 Å². The Balaban J connectivity index is 2.45. The van der Waals surface area contributed by atoms with Gasteiger partial charge in [-0.15, -0.1) is 0 Å². The normalized spacial score (nSPS) is 10.0. The van der Waals surface area contributed by atoms with E-state index < -0.39 is 5.91 Å². The highest BCUT2D eigenvalue weighted by molar-refractivity contribution is 6.06. The Morgan fingerprint density at radius 2 is 1.14 bits per heavy atom. The number of rotatable bonds is 8. The van der Waals surface area contributed by atoms with Crippen LogP contribution in [0.1, 0.15) is 17.3 Å². The summed E-state index contributed by atoms with van der Waals surface area (Å²) in [6.07, 6.45) is 0. The third kappa shape index (κ3) is 4.81. The van der Waals surface area contributed by atoms with Crippen LogP contribution in [0.2, 0.25) is 0 Å². The van der Waals surface area contributed by atoms with Crippen LogP contribution in [0.15, 0.2) is 24.3 Å². The molecule has 0 saturated carbocycles. The van der Waals surface area contributed by atoms with Crippen molar-refractivity contribution >= 4 is 23.2 Å². The second-order valence-electron chi connectivity index (χ2n) is 5.80. The molecule has 0 heterocycles. The molecule has 2 N–H and O–H groups in total. The highest BCUT2D eigenvalue weighted by Gasteiger charge is 2.19. The summed E-state index contributed by atoms with van der Waals surface area (Å²) < 4.78 is 26.4. The number of nitrogens with one attached hydrogen (secondary N) is 2. The summed E-state index contributed by atoms with van der Waals surface area (Å²) in [5.41, 5.74) is 1.01. The van der Waals surface area contributed by atoms with E-state index in [4.69, 9.17) is 23.7 Å². The van der Waals surface area contributed by atoms with Gasteiger partial charge < -0.3 is 34.3 Å². The number of amides is 2. The predicted octanol–water partition coefficient (Wildman–Crippen LogP) is 2.94. The average molecular weight is 404 g/mol. The average Bonchev–Trinajstić information content (AvgIpc) is 2.72. The van der Waals surface area contributed by atoms with Crippen molar-refractivity contribution in [1.29, 1.82) is 0 Å². The van der Waals surface area contributed by atoms with Crippen molar-refractivity contribution in [3.05, 3.63) is 29.8 Å².